The van der Waals surface area contributed by atoms with Gasteiger partial charge in [-0.1, -0.05) is 18.2 Å². The minimum absolute atomic E-state index is 0.0171. The van der Waals surface area contributed by atoms with Gasteiger partial charge in [0, 0.05) is 47.5 Å². The molecular formula is C29H26N6O5S. The number of para-hydroxylation sites is 1. The van der Waals surface area contributed by atoms with Gasteiger partial charge in [0.25, 0.3) is 15.9 Å². The topological polar surface area (TPSA) is 150 Å². The van der Waals surface area contributed by atoms with E-state index in [0.29, 0.717) is 29.2 Å². The van der Waals surface area contributed by atoms with E-state index in [2.05, 4.69) is 25.3 Å². The monoisotopic (exact) mass is 570 g/mol. The van der Waals surface area contributed by atoms with Crippen LogP contribution in [0.3, 0.4) is 0 Å². The van der Waals surface area contributed by atoms with Gasteiger partial charge in [0.15, 0.2) is 0 Å². The average molecular weight is 571 g/mol. The fourth-order valence-corrected chi connectivity index (χ4v) is 5.24. The Morgan fingerprint density at radius 3 is 2.22 bits per heavy atom. The number of anilines is 4. The third-order valence-corrected chi connectivity index (χ3v) is 7.77. The molecule has 5 rings (SSSR count). The van der Waals surface area contributed by atoms with Crippen molar-refractivity contribution in [3.05, 3.63) is 102 Å². The third-order valence-electron chi connectivity index (χ3n) is 6.42. The molecule has 3 amide bonds. The van der Waals surface area contributed by atoms with Gasteiger partial charge in [0.1, 0.15) is 0 Å². The summed E-state index contributed by atoms with van der Waals surface area (Å²) in [6.07, 6.45) is 1.58. The molecule has 0 bridgehead atoms. The van der Waals surface area contributed by atoms with E-state index in [9.17, 15) is 22.8 Å². The predicted octanol–water partition coefficient (Wildman–Crippen LogP) is 3.83. The van der Waals surface area contributed by atoms with Crippen LogP contribution in [0, 0.1) is 12.8 Å². The highest BCUT2D eigenvalue weighted by atomic mass is 32.2. The molecule has 11 nitrogen and oxygen atoms in total. The smallest absolute Gasteiger partial charge is 0.264 e. The van der Waals surface area contributed by atoms with Gasteiger partial charge in [-0.15, -0.1) is 0 Å². The molecule has 12 heteroatoms. The second-order valence-corrected chi connectivity index (χ2v) is 11.1. The Balaban J connectivity index is 1.16. The number of carbonyl (C=O) groups is 3. The van der Waals surface area contributed by atoms with E-state index in [-0.39, 0.29) is 29.1 Å². The number of rotatable bonds is 8. The SMILES string of the molecule is Cc1ccnc(NS(=O)(=O)c2ccc(NC(=O)c3ccc(NC(=O)C4CC(=O)N(c5ccccc5)C4)cc3)cc2)n1. The number of amides is 3. The predicted molar refractivity (Wildman–Crippen MR) is 154 cm³/mol. The lowest BCUT2D eigenvalue weighted by atomic mass is 10.1. The number of aromatic nitrogens is 2. The highest BCUT2D eigenvalue weighted by Gasteiger charge is 2.35. The van der Waals surface area contributed by atoms with Gasteiger partial charge in [0.05, 0.1) is 10.8 Å². The number of benzene rings is 3. The Labute approximate surface area is 236 Å². The molecule has 4 aromatic rings. The zero-order chi connectivity index (χ0) is 29.0. The Morgan fingerprint density at radius 2 is 1.54 bits per heavy atom. The first kappa shape index (κ1) is 27.5. The molecule has 1 atom stereocenters. The van der Waals surface area contributed by atoms with Crippen LogP contribution in [0.15, 0.2) is 96.0 Å². The van der Waals surface area contributed by atoms with Crippen molar-refractivity contribution in [3.8, 4) is 0 Å². The molecule has 41 heavy (non-hydrogen) atoms. The summed E-state index contributed by atoms with van der Waals surface area (Å²) in [4.78, 5) is 47.5. The van der Waals surface area contributed by atoms with Crippen molar-refractivity contribution in [3.63, 3.8) is 0 Å². The first-order valence-electron chi connectivity index (χ1n) is 12.7. The molecule has 2 heterocycles. The zero-order valence-electron chi connectivity index (χ0n) is 21.9. The van der Waals surface area contributed by atoms with Crippen LogP contribution in [0.1, 0.15) is 22.5 Å². The standard InChI is InChI=1S/C29H26N6O5S/c1-19-15-16-30-29(31-19)34-41(39,40)25-13-11-23(12-14-25)32-27(37)20-7-9-22(10-8-20)33-28(38)21-17-26(36)35(18-21)24-5-3-2-4-6-24/h2-16,21H,17-18H2,1H3,(H,32,37)(H,33,38)(H,30,31,34). The van der Waals surface area contributed by atoms with Crippen molar-refractivity contribution in [1.29, 1.82) is 0 Å². The van der Waals surface area contributed by atoms with Crippen LogP contribution in [-0.4, -0.2) is 42.7 Å². The molecule has 1 saturated heterocycles. The molecule has 1 unspecified atom stereocenters. The van der Waals surface area contributed by atoms with Crippen LogP contribution in [0.2, 0.25) is 0 Å². The lowest BCUT2D eigenvalue weighted by molar-refractivity contribution is -0.122. The highest BCUT2D eigenvalue weighted by Crippen LogP contribution is 2.26. The minimum Gasteiger partial charge on any atom is -0.326 e. The van der Waals surface area contributed by atoms with Gasteiger partial charge in [-0.2, -0.15) is 0 Å². The van der Waals surface area contributed by atoms with Crippen LogP contribution in [0.25, 0.3) is 0 Å². The summed E-state index contributed by atoms with van der Waals surface area (Å²) in [6.45, 7) is 2.02. The first-order valence-corrected chi connectivity index (χ1v) is 14.2. The Hall–Kier alpha value is -5.10. The second kappa shape index (κ2) is 11.6. The van der Waals surface area contributed by atoms with E-state index in [1.54, 1.807) is 42.2 Å². The molecule has 1 aliphatic heterocycles. The largest absolute Gasteiger partial charge is 0.326 e. The van der Waals surface area contributed by atoms with Crippen molar-refractivity contribution < 1.29 is 22.8 Å². The molecule has 208 valence electrons. The molecule has 0 radical (unpaired) electrons. The van der Waals surface area contributed by atoms with E-state index >= 15 is 0 Å². The summed E-state index contributed by atoms with van der Waals surface area (Å²) in [6, 6.07) is 22.9. The third kappa shape index (κ3) is 6.56. The maximum absolute atomic E-state index is 12.8. The highest BCUT2D eigenvalue weighted by molar-refractivity contribution is 7.92. The summed E-state index contributed by atoms with van der Waals surface area (Å²) in [7, 11) is -3.91. The molecule has 0 aliphatic carbocycles. The second-order valence-electron chi connectivity index (χ2n) is 9.41. The van der Waals surface area contributed by atoms with E-state index in [4.69, 9.17) is 0 Å². The number of carbonyl (C=O) groups excluding carboxylic acids is 3. The summed E-state index contributed by atoms with van der Waals surface area (Å²) >= 11 is 0. The Kier molecular flexibility index (Phi) is 7.74. The molecule has 3 aromatic carbocycles. The van der Waals surface area contributed by atoms with Gasteiger partial charge in [-0.05, 0) is 73.7 Å². The number of hydrogen-bond acceptors (Lipinski definition) is 7. The van der Waals surface area contributed by atoms with Crippen molar-refractivity contribution in [2.45, 2.75) is 18.2 Å². The first-order chi connectivity index (χ1) is 19.7. The molecule has 0 spiro atoms. The average Bonchev–Trinajstić information content (AvgIpc) is 3.35. The van der Waals surface area contributed by atoms with Gasteiger partial charge in [0.2, 0.25) is 17.8 Å². The zero-order valence-corrected chi connectivity index (χ0v) is 22.8. The summed E-state index contributed by atoms with van der Waals surface area (Å²) in [5.74, 6) is -1.31. The lowest BCUT2D eigenvalue weighted by Crippen LogP contribution is -2.28. The normalized spacial score (nSPS) is 14.9. The van der Waals surface area contributed by atoms with Gasteiger partial charge in [-0.3, -0.25) is 14.4 Å². The van der Waals surface area contributed by atoms with Crippen molar-refractivity contribution in [2.75, 3.05) is 26.8 Å². The van der Waals surface area contributed by atoms with Crippen molar-refractivity contribution in [1.82, 2.24) is 9.97 Å². The fraction of sp³-hybridized carbons (Fsp3) is 0.138. The summed E-state index contributed by atoms with van der Waals surface area (Å²) in [5, 5.41) is 5.53. The van der Waals surface area contributed by atoms with Gasteiger partial charge in [-0.25, -0.2) is 23.1 Å². The Bertz CT molecular complexity index is 1690. The Morgan fingerprint density at radius 1 is 0.878 bits per heavy atom. The van der Waals surface area contributed by atoms with Gasteiger partial charge < -0.3 is 15.5 Å². The maximum atomic E-state index is 12.8. The van der Waals surface area contributed by atoms with Crippen molar-refractivity contribution >= 4 is 50.8 Å². The quantitative estimate of drug-likeness (QED) is 0.291. The van der Waals surface area contributed by atoms with Crippen molar-refractivity contribution in [2.24, 2.45) is 5.92 Å². The van der Waals surface area contributed by atoms with E-state index < -0.39 is 21.8 Å². The number of nitrogens with one attached hydrogen (secondary N) is 3. The van der Waals surface area contributed by atoms with E-state index in [1.165, 1.54) is 30.5 Å². The maximum Gasteiger partial charge on any atom is 0.264 e. The molecular weight excluding hydrogens is 544 g/mol. The van der Waals surface area contributed by atoms with Crippen LogP contribution >= 0.6 is 0 Å². The molecule has 1 aromatic heterocycles. The molecule has 1 fully saturated rings. The van der Waals surface area contributed by atoms with Crippen LogP contribution < -0.4 is 20.3 Å². The lowest BCUT2D eigenvalue weighted by Gasteiger charge is -2.16. The molecule has 1 aliphatic rings. The fourth-order valence-electron chi connectivity index (χ4n) is 4.29. The number of aryl methyl sites for hydroxylation is 1. The van der Waals surface area contributed by atoms with Crippen LogP contribution in [0.4, 0.5) is 23.0 Å². The summed E-state index contributed by atoms with van der Waals surface area (Å²) in [5.41, 5.74) is 2.60. The summed E-state index contributed by atoms with van der Waals surface area (Å²) < 4.78 is 27.6. The van der Waals surface area contributed by atoms with E-state index in [0.717, 1.165) is 5.69 Å². The van der Waals surface area contributed by atoms with Crippen LogP contribution in [-0.2, 0) is 19.6 Å². The number of hydrogen-bond donors (Lipinski definition) is 3. The molecule has 0 saturated carbocycles. The molecule has 3 N–H and O–H groups in total. The number of nitrogens with zero attached hydrogens (tertiary/aromatic N) is 3. The van der Waals surface area contributed by atoms with Crippen LogP contribution in [0.5, 0.6) is 0 Å². The van der Waals surface area contributed by atoms with Gasteiger partial charge >= 0.3 is 0 Å². The minimum atomic E-state index is -3.91. The van der Waals surface area contributed by atoms with E-state index in [1.807, 2.05) is 30.3 Å². The number of sulfonamides is 1.